The van der Waals surface area contributed by atoms with Crippen molar-refractivity contribution in [3.8, 4) is 11.4 Å². The van der Waals surface area contributed by atoms with Crippen LogP contribution in [0.25, 0.3) is 11.4 Å². The van der Waals surface area contributed by atoms with Gasteiger partial charge < -0.3 is 0 Å². The first-order valence-electron chi connectivity index (χ1n) is 18.2. The van der Waals surface area contributed by atoms with Crippen LogP contribution in [0.5, 0.6) is 0 Å². The van der Waals surface area contributed by atoms with Gasteiger partial charge in [0.25, 0.3) is 0 Å². The standard InChI is InChI=1S/2C17H16F2N.2C5H5.Ti/c2*1-12-7-9-16(13-5-3-2-4-6-13)20(12)17-10-8-14(18)11-15(17)19;2*1-2-4-5-3-1;/h2*2-3,7-10,13H,4-6H2,1H3;2*1-3H,4H2;. The Hall–Kier alpha value is -4.13. The molecule has 0 fully saturated rings. The summed E-state index contributed by atoms with van der Waals surface area (Å²) in [6, 6.07) is 13.6. The Morgan fingerprint density at radius 1 is 0.549 bits per heavy atom. The van der Waals surface area contributed by atoms with Gasteiger partial charge in [0.2, 0.25) is 0 Å². The molecule has 4 aromatic rings. The van der Waals surface area contributed by atoms with E-state index in [0.29, 0.717) is 20.6 Å². The summed E-state index contributed by atoms with van der Waals surface area (Å²) >= 11 is -5.07. The number of nitrogens with zero attached hydrogens (tertiary/aromatic N) is 2. The predicted octanol–water partition coefficient (Wildman–Crippen LogP) is 10.9. The molecule has 0 bridgehead atoms. The molecule has 0 aliphatic heterocycles. The summed E-state index contributed by atoms with van der Waals surface area (Å²) in [5.41, 5.74) is 4.01. The van der Waals surface area contributed by atoms with Crippen molar-refractivity contribution in [3.05, 3.63) is 163 Å². The molecule has 0 amide bonds. The van der Waals surface area contributed by atoms with Crippen LogP contribution in [0.15, 0.2) is 117 Å². The van der Waals surface area contributed by atoms with Crippen molar-refractivity contribution in [2.45, 2.75) is 77.0 Å². The van der Waals surface area contributed by atoms with Crippen LogP contribution in [0.1, 0.15) is 86.0 Å². The molecule has 51 heavy (non-hydrogen) atoms. The number of allylic oxidation sites excluding steroid dienone is 12. The molecule has 0 N–H and O–H groups in total. The summed E-state index contributed by atoms with van der Waals surface area (Å²) in [5, 5.41) is 0. The molecule has 2 nitrogen and oxygen atoms in total. The minimum absolute atomic E-state index is 0.170. The number of benzene rings is 2. The van der Waals surface area contributed by atoms with Gasteiger partial charge in [-0.1, -0.05) is 0 Å². The number of rotatable bonds is 8. The zero-order valence-electron chi connectivity index (χ0n) is 29.1. The summed E-state index contributed by atoms with van der Waals surface area (Å²) in [5.74, 6) is -2.65. The van der Waals surface area contributed by atoms with Crippen LogP contribution in [-0.4, -0.2) is 9.13 Å². The molecule has 2 unspecified atom stereocenters. The SMILES string of the molecule is Cc1ccc(C2CC=CCC2)n1-c1ccc(F)[c]([Ti]([C]2=CC=CC2)([C]2=CC=CC2)[c]2c(F)ccc(-n3c(C)ccc3C3CC=CCC3)c2F)c1F. The first-order valence-corrected chi connectivity index (χ1v) is 21.3. The molecular formula is C44H42F4N2Ti. The van der Waals surface area contributed by atoms with E-state index >= 15 is 17.6 Å². The van der Waals surface area contributed by atoms with E-state index in [9.17, 15) is 0 Å². The predicted molar refractivity (Wildman–Crippen MR) is 195 cm³/mol. The first kappa shape index (κ1) is 34.0. The van der Waals surface area contributed by atoms with Crippen LogP contribution >= 0.6 is 0 Å². The molecule has 0 saturated carbocycles. The Morgan fingerprint density at radius 2 is 1.00 bits per heavy atom. The fraction of sp³-hybridized carbons (Fsp3) is 0.273. The Labute approximate surface area is 301 Å². The van der Waals surface area contributed by atoms with Gasteiger partial charge in [0.05, 0.1) is 0 Å². The summed E-state index contributed by atoms with van der Waals surface area (Å²) in [6.07, 6.45) is 26.1. The molecule has 4 aliphatic carbocycles. The molecule has 0 radical (unpaired) electrons. The second kappa shape index (κ2) is 13.8. The Balaban J connectivity index is 1.42. The summed E-state index contributed by atoms with van der Waals surface area (Å²) in [7, 11) is 0. The van der Waals surface area contributed by atoms with Crippen molar-refractivity contribution in [2.75, 3.05) is 0 Å². The van der Waals surface area contributed by atoms with E-state index in [0.717, 1.165) is 61.3 Å². The summed E-state index contributed by atoms with van der Waals surface area (Å²) < 4.78 is 74.7. The molecule has 2 aromatic heterocycles. The maximum atomic E-state index is 17.9. The first-order chi connectivity index (χ1) is 24.8. The van der Waals surface area contributed by atoms with E-state index in [1.165, 1.54) is 24.3 Å². The minimum atomic E-state index is -5.07. The Morgan fingerprint density at radius 3 is 1.37 bits per heavy atom. The van der Waals surface area contributed by atoms with E-state index in [-0.39, 0.29) is 30.9 Å². The molecule has 8 rings (SSSR count). The Kier molecular flexibility index (Phi) is 9.18. The topological polar surface area (TPSA) is 9.86 Å². The van der Waals surface area contributed by atoms with Gasteiger partial charge in [0, 0.05) is 0 Å². The maximum absolute atomic E-state index is 17.9. The normalized spacial score (nSPS) is 20.0. The van der Waals surface area contributed by atoms with Gasteiger partial charge in [0.1, 0.15) is 0 Å². The fourth-order valence-electron chi connectivity index (χ4n) is 9.08. The van der Waals surface area contributed by atoms with E-state index in [4.69, 9.17) is 0 Å². The number of halogens is 4. The van der Waals surface area contributed by atoms with Gasteiger partial charge in [-0.15, -0.1) is 0 Å². The second-order valence-electron chi connectivity index (χ2n) is 14.3. The number of hydrogen-bond donors (Lipinski definition) is 0. The van der Waals surface area contributed by atoms with Crippen LogP contribution in [0.4, 0.5) is 17.6 Å². The number of aryl methyl sites for hydroxylation is 2. The monoisotopic (exact) mass is 722 g/mol. The van der Waals surface area contributed by atoms with Crippen molar-refractivity contribution in [2.24, 2.45) is 0 Å². The third-order valence-electron chi connectivity index (χ3n) is 11.5. The zero-order valence-corrected chi connectivity index (χ0v) is 30.7. The van der Waals surface area contributed by atoms with Crippen molar-refractivity contribution in [3.63, 3.8) is 0 Å². The average Bonchev–Trinajstić information content (AvgIpc) is 3.98. The van der Waals surface area contributed by atoms with Gasteiger partial charge in [-0.2, -0.15) is 0 Å². The van der Waals surface area contributed by atoms with Crippen LogP contribution in [-0.2, 0) is 16.6 Å². The van der Waals surface area contributed by atoms with Gasteiger partial charge in [-0.25, -0.2) is 0 Å². The van der Waals surface area contributed by atoms with Crippen molar-refractivity contribution in [1.29, 1.82) is 0 Å². The van der Waals surface area contributed by atoms with Gasteiger partial charge in [-0.3, -0.25) is 0 Å². The van der Waals surface area contributed by atoms with Crippen molar-refractivity contribution < 1.29 is 34.2 Å². The van der Waals surface area contributed by atoms with E-state index in [1.807, 2.05) is 83.7 Å². The molecule has 2 atom stereocenters. The molecule has 0 saturated heterocycles. The van der Waals surface area contributed by atoms with Crippen molar-refractivity contribution in [1.82, 2.24) is 9.13 Å². The molecule has 4 aliphatic rings. The zero-order chi connectivity index (χ0) is 35.3. The summed E-state index contributed by atoms with van der Waals surface area (Å²) in [4.78, 5) is 0. The van der Waals surface area contributed by atoms with Gasteiger partial charge >= 0.3 is 303 Å². The van der Waals surface area contributed by atoms with Crippen LogP contribution < -0.4 is 7.74 Å². The van der Waals surface area contributed by atoms with Crippen LogP contribution in [0.3, 0.4) is 0 Å². The molecule has 0 spiro atoms. The van der Waals surface area contributed by atoms with Crippen molar-refractivity contribution >= 4 is 7.74 Å². The number of aromatic nitrogens is 2. The third kappa shape index (κ3) is 5.57. The van der Waals surface area contributed by atoms with Crippen LogP contribution in [0, 0.1) is 37.1 Å². The van der Waals surface area contributed by atoms with E-state index < -0.39 is 39.9 Å². The quantitative estimate of drug-likeness (QED) is 0.0974. The third-order valence-corrected chi connectivity index (χ3v) is 19.4. The summed E-state index contributed by atoms with van der Waals surface area (Å²) in [6.45, 7) is 3.85. The molecular weight excluding hydrogens is 680 g/mol. The van der Waals surface area contributed by atoms with E-state index in [1.54, 1.807) is 0 Å². The average molecular weight is 723 g/mol. The number of hydrogen-bond acceptors (Lipinski definition) is 0. The second-order valence-corrected chi connectivity index (χ2v) is 20.3. The van der Waals surface area contributed by atoms with Gasteiger partial charge in [-0.05, 0) is 0 Å². The molecule has 260 valence electrons. The van der Waals surface area contributed by atoms with Gasteiger partial charge in [0.15, 0.2) is 0 Å². The van der Waals surface area contributed by atoms with Crippen LogP contribution in [0.2, 0.25) is 0 Å². The van der Waals surface area contributed by atoms with E-state index in [2.05, 4.69) is 24.3 Å². The fourth-order valence-corrected chi connectivity index (χ4v) is 17.3. The molecule has 2 heterocycles. The molecule has 2 aromatic carbocycles. The Bertz CT molecular complexity index is 2050. The molecule has 7 heteroatoms.